The van der Waals surface area contributed by atoms with Crippen LogP contribution in [0.25, 0.3) is 5.76 Å². The first kappa shape index (κ1) is 32.6. The van der Waals surface area contributed by atoms with Gasteiger partial charge in [0.1, 0.15) is 41.8 Å². The second-order valence-electron chi connectivity index (χ2n) is 9.85. The van der Waals surface area contributed by atoms with Crippen LogP contribution in [0.5, 0.6) is 17.2 Å². The molecule has 0 unspecified atom stereocenters. The summed E-state index contributed by atoms with van der Waals surface area (Å²) < 4.78 is 32.3. The molecule has 0 heterocycles. The lowest BCUT2D eigenvalue weighted by molar-refractivity contribution is -0.145. The van der Waals surface area contributed by atoms with Gasteiger partial charge in [0.25, 0.3) is 0 Å². The van der Waals surface area contributed by atoms with Crippen molar-refractivity contribution in [3.05, 3.63) is 59.7 Å². The summed E-state index contributed by atoms with van der Waals surface area (Å²) in [6.45, 7) is 11.8. The van der Waals surface area contributed by atoms with Gasteiger partial charge in [-0.15, -0.1) is 0 Å². The zero-order valence-corrected chi connectivity index (χ0v) is 24.5. The summed E-state index contributed by atoms with van der Waals surface area (Å²) in [5.41, 5.74) is 1.58. The van der Waals surface area contributed by atoms with Gasteiger partial charge in [0.05, 0.1) is 25.0 Å². The molecule has 2 aromatic carbocycles. The normalized spacial score (nSPS) is 16.4. The van der Waals surface area contributed by atoms with E-state index < -0.39 is 17.9 Å². The molecule has 0 radical (unpaired) electrons. The first-order valence-electron chi connectivity index (χ1n) is 14.2. The first-order valence-corrected chi connectivity index (χ1v) is 14.2. The van der Waals surface area contributed by atoms with Crippen LogP contribution in [0.4, 0.5) is 0 Å². The molecule has 0 saturated heterocycles. The van der Waals surface area contributed by atoms with Gasteiger partial charge in [-0.1, -0.05) is 12.6 Å². The van der Waals surface area contributed by atoms with E-state index in [1.165, 1.54) is 18.2 Å². The quantitative estimate of drug-likeness (QED) is 0.129. The highest BCUT2D eigenvalue weighted by Crippen LogP contribution is 2.33. The Kier molecular flexibility index (Phi) is 12.8. The number of aromatic hydroxyl groups is 1. The minimum atomic E-state index is -0.747. The van der Waals surface area contributed by atoms with E-state index in [2.05, 4.69) is 6.58 Å². The molecule has 2 aromatic rings. The van der Waals surface area contributed by atoms with Crippen molar-refractivity contribution in [1.29, 1.82) is 0 Å². The molecule has 0 spiro atoms. The zero-order chi connectivity index (χ0) is 30.5. The van der Waals surface area contributed by atoms with Crippen molar-refractivity contribution in [2.75, 3.05) is 39.6 Å². The summed E-state index contributed by atoms with van der Waals surface area (Å²) in [6.07, 6.45) is 1.84. The molecule has 0 bridgehead atoms. The van der Waals surface area contributed by atoms with E-state index in [1.54, 1.807) is 12.1 Å². The average molecular weight is 585 g/mol. The SMILES string of the molecule is C=C(OCCOCC)c1cc(OC(=O)C2CCC(C(=O)Oc3ccc(O)c(C(=O)OCCOCC)c3)CC2)ccc1C. The number of carbonyl (C=O) groups excluding carboxylic acids is 3. The van der Waals surface area contributed by atoms with E-state index in [9.17, 15) is 19.5 Å². The van der Waals surface area contributed by atoms with Crippen LogP contribution in [0.15, 0.2) is 43.0 Å². The van der Waals surface area contributed by atoms with Crippen LogP contribution in [0.1, 0.15) is 61.0 Å². The monoisotopic (exact) mass is 584 g/mol. The fourth-order valence-corrected chi connectivity index (χ4v) is 4.53. The Morgan fingerprint density at radius 1 is 0.762 bits per heavy atom. The Hall–Kier alpha value is -3.89. The number of benzene rings is 2. The molecule has 228 valence electrons. The second kappa shape index (κ2) is 16.5. The highest BCUT2D eigenvalue weighted by Gasteiger charge is 2.32. The van der Waals surface area contributed by atoms with Crippen molar-refractivity contribution in [1.82, 2.24) is 0 Å². The fourth-order valence-electron chi connectivity index (χ4n) is 4.53. The van der Waals surface area contributed by atoms with Crippen molar-refractivity contribution in [2.45, 2.75) is 46.5 Å². The van der Waals surface area contributed by atoms with E-state index in [1.807, 2.05) is 26.8 Å². The highest BCUT2D eigenvalue weighted by molar-refractivity contribution is 5.93. The van der Waals surface area contributed by atoms with Gasteiger partial charge in [-0.3, -0.25) is 9.59 Å². The minimum absolute atomic E-state index is 0.0333. The summed E-state index contributed by atoms with van der Waals surface area (Å²) >= 11 is 0. The molecule has 0 aromatic heterocycles. The van der Waals surface area contributed by atoms with Gasteiger partial charge in [-0.25, -0.2) is 4.79 Å². The Labute approximate surface area is 246 Å². The molecule has 42 heavy (non-hydrogen) atoms. The standard InChI is InChI=1S/C32H40O10/c1-5-37-15-17-39-22(4)27-19-25(12-7-21(27)3)41-30(34)23-8-10-24(11-9-23)31(35)42-26-13-14-29(33)28(20-26)32(36)40-18-16-38-6-2/h7,12-14,19-20,23-24,33H,4-6,8-11,15-18H2,1-3H3. The highest BCUT2D eigenvalue weighted by atomic mass is 16.6. The van der Waals surface area contributed by atoms with Crippen molar-refractivity contribution >= 4 is 23.7 Å². The Morgan fingerprint density at radius 3 is 1.81 bits per heavy atom. The summed E-state index contributed by atoms with van der Waals surface area (Å²) in [6, 6.07) is 9.26. The van der Waals surface area contributed by atoms with E-state index >= 15 is 0 Å². The molecule has 1 N–H and O–H groups in total. The van der Waals surface area contributed by atoms with Crippen molar-refractivity contribution < 1.29 is 47.9 Å². The predicted octanol–water partition coefficient (Wildman–Crippen LogP) is 5.24. The average Bonchev–Trinajstić information content (AvgIpc) is 2.99. The molecule has 1 fully saturated rings. The van der Waals surface area contributed by atoms with Gasteiger partial charge in [0.15, 0.2) is 0 Å². The van der Waals surface area contributed by atoms with Crippen molar-refractivity contribution in [2.24, 2.45) is 11.8 Å². The summed E-state index contributed by atoms with van der Waals surface area (Å²) in [4.78, 5) is 38.0. The molecule has 3 rings (SSSR count). The van der Waals surface area contributed by atoms with Gasteiger partial charge >= 0.3 is 17.9 Å². The number of aryl methyl sites for hydroxylation is 1. The van der Waals surface area contributed by atoms with E-state index in [0.717, 1.165) is 11.1 Å². The van der Waals surface area contributed by atoms with Crippen LogP contribution >= 0.6 is 0 Å². The van der Waals surface area contributed by atoms with Crippen LogP contribution in [0, 0.1) is 18.8 Å². The molecule has 10 heteroatoms. The largest absolute Gasteiger partial charge is 0.507 e. The van der Waals surface area contributed by atoms with E-state index in [-0.39, 0.29) is 42.2 Å². The van der Waals surface area contributed by atoms with Crippen molar-refractivity contribution in [3.8, 4) is 17.2 Å². The van der Waals surface area contributed by atoms with Gasteiger partial charge in [-0.2, -0.15) is 0 Å². The summed E-state index contributed by atoms with van der Waals surface area (Å²) in [5, 5.41) is 10.1. The maximum atomic E-state index is 12.9. The number of rotatable bonds is 15. The molecular weight excluding hydrogens is 544 g/mol. The third kappa shape index (κ3) is 9.60. The fraction of sp³-hybridized carbons (Fsp3) is 0.469. The molecular formula is C32H40O10. The molecule has 1 aliphatic carbocycles. The van der Waals surface area contributed by atoms with Gasteiger partial charge in [0, 0.05) is 18.8 Å². The Balaban J connectivity index is 1.50. The van der Waals surface area contributed by atoms with Crippen LogP contribution < -0.4 is 9.47 Å². The lowest BCUT2D eigenvalue weighted by Gasteiger charge is -2.26. The smallest absolute Gasteiger partial charge is 0.342 e. The number of esters is 3. The number of phenolic OH excluding ortho intramolecular Hbond substituents is 1. The Bertz CT molecular complexity index is 1130. The minimum Gasteiger partial charge on any atom is -0.507 e. The zero-order valence-electron chi connectivity index (χ0n) is 24.5. The maximum absolute atomic E-state index is 12.9. The lowest BCUT2D eigenvalue weighted by atomic mass is 9.82. The molecule has 1 saturated carbocycles. The molecule has 0 amide bonds. The predicted molar refractivity (Wildman–Crippen MR) is 154 cm³/mol. The number of hydrogen-bond acceptors (Lipinski definition) is 10. The van der Waals surface area contributed by atoms with Gasteiger partial charge in [-0.05, 0) is 82.3 Å². The van der Waals surface area contributed by atoms with Crippen LogP contribution in [0.3, 0.4) is 0 Å². The third-order valence-corrected chi connectivity index (χ3v) is 6.90. The van der Waals surface area contributed by atoms with Crippen LogP contribution in [0.2, 0.25) is 0 Å². The third-order valence-electron chi connectivity index (χ3n) is 6.90. The summed E-state index contributed by atoms with van der Waals surface area (Å²) in [7, 11) is 0. The molecule has 0 aliphatic heterocycles. The number of phenols is 1. The Morgan fingerprint density at radius 2 is 1.26 bits per heavy atom. The van der Waals surface area contributed by atoms with Crippen LogP contribution in [-0.4, -0.2) is 62.7 Å². The molecule has 10 nitrogen and oxygen atoms in total. The molecule has 0 atom stereocenters. The lowest BCUT2D eigenvalue weighted by Crippen LogP contribution is -2.30. The molecule has 1 aliphatic rings. The van der Waals surface area contributed by atoms with E-state index in [0.29, 0.717) is 63.6 Å². The van der Waals surface area contributed by atoms with Gasteiger partial charge in [0.2, 0.25) is 0 Å². The first-order chi connectivity index (χ1) is 20.2. The van der Waals surface area contributed by atoms with E-state index in [4.69, 9.17) is 28.4 Å². The maximum Gasteiger partial charge on any atom is 0.342 e. The number of carbonyl (C=O) groups is 3. The topological polar surface area (TPSA) is 127 Å². The van der Waals surface area contributed by atoms with Crippen LogP contribution in [-0.2, 0) is 28.5 Å². The number of hydrogen-bond donors (Lipinski definition) is 1. The number of ether oxygens (including phenoxy) is 6. The second-order valence-corrected chi connectivity index (χ2v) is 9.85. The summed E-state index contributed by atoms with van der Waals surface area (Å²) in [5.74, 6) is -1.62. The van der Waals surface area contributed by atoms with Crippen molar-refractivity contribution in [3.63, 3.8) is 0 Å². The van der Waals surface area contributed by atoms with Gasteiger partial charge < -0.3 is 33.5 Å².